The molecule has 0 amide bonds. The highest BCUT2D eigenvalue weighted by Gasteiger charge is 2.24. The summed E-state index contributed by atoms with van der Waals surface area (Å²) < 4.78 is 5.33. The van der Waals surface area contributed by atoms with Crippen molar-refractivity contribution in [3.05, 3.63) is 29.8 Å². The van der Waals surface area contributed by atoms with Gasteiger partial charge < -0.3 is 15.0 Å². The first-order valence-corrected chi connectivity index (χ1v) is 7.46. The number of anilines is 1. The van der Waals surface area contributed by atoms with Crippen molar-refractivity contribution in [3.8, 4) is 0 Å². The molecule has 0 saturated carbocycles. The summed E-state index contributed by atoms with van der Waals surface area (Å²) >= 11 is 0. The Balaban J connectivity index is 1.69. The van der Waals surface area contributed by atoms with Crippen molar-refractivity contribution in [3.63, 3.8) is 0 Å². The first-order chi connectivity index (χ1) is 9.33. The van der Waals surface area contributed by atoms with E-state index in [1.807, 2.05) is 6.92 Å². The van der Waals surface area contributed by atoms with Crippen molar-refractivity contribution in [1.29, 1.82) is 0 Å². The van der Waals surface area contributed by atoms with Crippen molar-refractivity contribution in [2.75, 3.05) is 37.7 Å². The molecule has 1 N–H and O–H groups in total. The van der Waals surface area contributed by atoms with Crippen LogP contribution in [0.4, 0.5) is 5.69 Å². The molecule has 0 bridgehead atoms. The molecule has 3 heteroatoms. The van der Waals surface area contributed by atoms with Crippen LogP contribution in [0.5, 0.6) is 0 Å². The topological polar surface area (TPSA) is 24.5 Å². The fourth-order valence-electron chi connectivity index (χ4n) is 2.74. The summed E-state index contributed by atoms with van der Waals surface area (Å²) in [5.41, 5.74) is 2.91. The lowest BCUT2D eigenvalue weighted by atomic mass is 10.1. The third-order valence-corrected chi connectivity index (χ3v) is 3.72. The second-order valence-electron chi connectivity index (χ2n) is 5.18. The fourth-order valence-corrected chi connectivity index (χ4v) is 2.74. The number of nitrogens with zero attached hydrogens (tertiary/aromatic N) is 1. The second-order valence-corrected chi connectivity index (χ2v) is 5.18. The smallest absolute Gasteiger partial charge is 0.0477 e. The molecule has 1 heterocycles. The van der Waals surface area contributed by atoms with Crippen LogP contribution in [0.2, 0.25) is 0 Å². The third-order valence-electron chi connectivity index (χ3n) is 3.72. The van der Waals surface area contributed by atoms with E-state index in [4.69, 9.17) is 4.74 Å². The van der Waals surface area contributed by atoms with E-state index in [-0.39, 0.29) is 0 Å². The maximum absolute atomic E-state index is 5.33. The van der Waals surface area contributed by atoms with Gasteiger partial charge in [0.15, 0.2) is 0 Å². The summed E-state index contributed by atoms with van der Waals surface area (Å²) in [6.07, 6.45) is 2.28. The Morgan fingerprint density at radius 2 is 2.16 bits per heavy atom. The summed E-state index contributed by atoms with van der Waals surface area (Å²) in [6.45, 7) is 9.23. The van der Waals surface area contributed by atoms with Crippen LogP contribution in [0.25, 0.3) is 0 Å². The monoisotopic (exact) mass is 262 g/mol. The largest absolute Gasteiger partial charge is 0.382 e. The molecule has 0 saturated heterocycles. The number of ether oxygens (including phenoxy) is 1. The van der Waals surface area contributed by atoms with Gasteiger partial charge in [-0.3, -0.25) is 0 Å². The van der Waals surface area contributed by atoms with E-state index < -0.39 is 0 Å². The molecular weight excluding hydrogens is 236 g/mol. The lowest BCUT2D eigenvalue weighted by molar-refractivity contribution is 0.145. The molecule has 0 radical (unpaired) electrons. The minimum Gasteiger partial charge on any atom is -0.382 e. The molecule has 1 aromatic carbocycles. The van der Waals surface area contributed by atoms with Crippen LogP contribution < -0.4 is 10.2 Å². The van der Waals surface area contributed by atoms with Crippen LogP contribution >= 0.6 is 0 Å². The van der Waals surface area contributed by atoms with Gasteiger partial charge in [-0.25, -0.2) is 0 Å². The molecule has 0 fully saturated rings. The molecule has 0 aromatic heterocycles. The molecule has 2 rings (SSSR count). The van der Waals surface area contributed by atoms with Crippen molar-refractivity contribution >= 4 is 5.69 Å². The molecule has 19 heavy (non-hydrogen) atoms. The van der Waals surface area contributed by atoms with E-state index in [0.717, 1.165) is 39.3 Å². The quantitative estimate of drug-likeness (QED) is 0.728. The zero-order valence-electron chi connectivity index (χ0n) is 12.2. The zero-order valence-corrected chi connectivity index (χ0v) is 12.2. The number of para-hydroxylation sites is 1. The highest BCUT2D eigenvalue weighted by Crippen LogP contribution is 2.30. The molecule has 0 aliphatic carbocycles. The molecule has 1 unspecified atom stereocenters. The van der Waals surface area contributed by atoms with Crippen LogP contribution in [0.3, 0.4) is 0 Å². The highest BCUT2D eigenvalue weighted by atomic mass is 16.5. The lowest BCUT2D eigenvalue weighted by Crippen LogP contribution is -2.36. The predicted octanol–water partition coefficient (Wildman–Crippen LogP) is 2.45. The van der Waals surface area contributed by atoms with Gasteiger partial charge in [-0.2, -0.15) is 0 Å². The van der Waals surface area contributed by atoms with Gasteiger partial charge in [0.1, 0.15) is 0 Å². The second kappa shape index (κ2) is 7.51. The molecule has 0 spiro atoms. The maximum Gasteiger partial charge on any atom is 0.0477 e. The Kier molecular flexibility index (Phi) is 5.67. The Bertz CT molecular complexity index is 381. The Morgan fingerprint density at radius 3 is 3.00 bits per heavy atom. The summed E-state index contributed by atoms with van der Waals surface area (Å²) in [7, 11) is 0. The average Bonchev–Trinajstić information content (AvgIpc) is 2.74. The predicted molar refractivity (Wildman–Crippen MR) is 80.9 cm³/mol. The van der Waals surface area contributed by atoms with Gasteiger partial charge in [0.05, 0.1) is 0 Å². The highest BCUT2D eigenvalue weighted by molar-refractivity contribution is 5.59. The normalized spacial score (nSPS) is 17.8. The summed E-state index contributed by atoms with van der Waals surface area (Å²) in [4.78, 5) is 2.52. The number of hydrogen-bond acceptors (Lipinski definition) is 3. The van der Waals surface area contributed by atoms with E-state index in [1.54, 1.807) is 0 Å². The van der Waals surface area contributed by atoms with Crippen molar-refractivity contribution in [2.24, 2.45) is 0 Å². The number of nitrogens with one attached hydrogen (secondary N) is 1. The molecule has 3 nitrogen and oxygen atoms in total. The van der Waals surface area contributed by atoms with Crippen molar-refractivity contribution in [1.82, 2.24) is 5.32 Å². The van der Waals surface area contributed by atoms with Gasteiger partial charge in [-0.05, 0) is 44.9 Å². The van der Waals surface area contributed by atoms with E-state index >= 15 is 0 Å². The first-order valence-electron chi connectivity index (χ1n) is 7.46. The van der Waals surface area contributed by atoms with E-state index in [2.05, 4.69) is 41.4 Å². The van der Waals surface area contributed by atoms with Gasteiger partial charge in [0.2, 0.25) is 0 Å². The average molecular weight is 262 g/mol. The molecule has 1 atom stereocenters. The molecular formula is C16H26N2O. The third kappa shape index (κ3) is 3.95. The minimum atomic E-state index is 0.627. The Morgan fingerprint density at radius 1 is 1.32 bits per heavy atom. The fraction of sp³-hybridized carbons (Fsp3) is 0.625. The van der Waals surface area contributed by atoms with Crippen LogP contribution in [0.1, 0.15) is 25.8 Å². The summed E-state index contributed by atoms with van der Waals surface area (Å²) in [5, 5.41) is 3.50. The summed E-state index contributed by atoms with van der Waals surface area (Å²) in [5.74, 6) is 0. The SMILES string of the molecule is CCOCCCNCCN1c2ccccc2CC1C. The van der Waals surface area contributed by atoms with E-state index in [9.17, 15) is 0 Å². The minimum absolute atomic E-state index is 0.627. The first kappa shape index (κ1) is 14.4. The van der Waals surface area contributed by atoms with E-state index in [0.29, 0.717) is 6.04 Å². The van der Waals surface area contributed by atoms with Crippen LogP contribution in [-0.2, 0) is 11.2 Å². The van der Waals surface area contributed by atoms with Gasteiger partial charge in [0, 0.05) is 38.0 Å². The van der Waals surface area contributed by atoms with Gasteiger partial charge in [-0.15, -0.1) is 0 Å². The zero-order chi connectivity index (χ0) is 13.5. The van der Waals surface area contributed by atoms with Gasteiger partial charge >= 0.3 is 0 Å². The number of rotatable bonds is 8. The Hall–Kier alpha value is -1.06. The molecule has 1 aliphatic heterocycles. The van der Waals surface area contributed by atoms with Crippen LogP contribution in [-0.4, -0.2) is 38.9 Å². The summed E-state index contributed by atoms with van der Waals surface area (Å²) in [6, 6.07) is 9.40. The van der Waals surface area contributed by atoms with Crippen LogP contribution in [0.15, 0.2) is 24.3 Å². The van der Waals surface area contributed by atoms with Crippen molar-refractivity contribution < 1.29 is 4.74 Å². The standard InChI is InChI=1S/C16H26N2O/c1-3-19-12-6-9-17-10-11-18-14(2)13-15-7-4-5-8-16(15)18/h4-5,7-8,14,17H,3,6,9-13H2,1-2H3. The number of hydrogen-bond donors (Lipinski definition) is 1. The van der Waals surface area contributed by atoms with Crippen LogP contribution in [0, 0.1) is 0 Å². The van der Waals surface area contributed by atoms with Gasteiger partial charge in [-0.1, -0.05) is 18.2 Å². The maximum atomic E-state index is 5.33. The lowest BCUT2D eigenvalue weighted by Gasteiger charge is -2.25. The molecule has 1 aliphatic rings. The number of benzene rings is 1. The molecule has 106 valence electrons. The molecule has 1 aromatic rings. The number of fused-ring (bicyclic) bond motifs is 1. The van der Waals surface area contributed by atoms with E-state index in [1.165, 1.54) is 17.7 Å². The van der Waals surface area contributed by atoms with Gasteiger partial charge in [0.25, 0.3) is 0 Å². The van der Waals surface area contributed by atoms with Crippen molar-refractivity contribution in [2.45, 2.75) is 32.7 Å². The Labute approximate surface area is 116 Å².